The molecule has 0 unspecified atom stereocenters. The fourth-order valence-corrected chi connectivity index (χ4v) is 8.50. The van der Waals surface area contributed by atoms with E-state index in [-0.39, 0.29) is 17.0 Å². The second-order valence-electron chi connectivity index (χ2n) is 14.3. The molecule has 0 fully saturated rings. The maximum Gasteiger partial charge on any atom is 0.123 e. The molecule has 2 aliphatic rings. The zero-order valence-electron chi connectivity index (χ0n) is 28.0. The predicted molar refractivity (Wildman–Crippen MR) is 192 cm³/mol. The second-order valence-corrected chi connectivity index (χ2v) is 14.3. The Balaban J connectivity index is 1.76. The number of aryl methyl sites for hydroxylation is 2. The molecule has 0 amide bonds. The third-order valence-electron chi connectivity index (χ3n) is 11.8. The number of ether oxygens (including phenoxy) is 1. The van der Waals surface area contributed by atoms with Gasteiger partial charge in [-0.05, 0) is 77.6 Å². The van der Waals surface area contributed by atoms with Crippen molar-refractivity contribution < 1.29 is 4.74 Å². The zero-order valence-corrected chi connectivity index (χ0v) is 28.0. The van der Waals surface area contributed by atoms with Gasteiger partial charge in [0.1, 0.15) is 11.9 Å². The Kier molecular flexibility index (Phi) is 5.77. The van der Waals surface area contributed by atoms with Crippen molar-refractivity contribution >= 4 is 54.7 Å². The van der Waals surface area contributed by atoms with Crippen molar-refractivity contribution in [1.29, 1.82) is 0 Å². The van der Waals surface area contributed by atoms with Gasteiger partial charge in [-0.25, -0.2) is 0 Å². The van der Waals surface area contributed by atoms with Crippen molar-refractivity contribution in [2.24, 2.45) is 0 Å². The van der Waals surface area contributed by atoms with E-state index in [0.29, 0.717) is 0 Å². The molecule has 0 saturated heterocycles. The lowest BCUT2D eigenvalue weighted by Gasteiger charge is -2.42. The van der Waals surface area contributed by atoms with Gasteiger partial charge in [-0.2, -0.15) is 0 Å². The monoisotopic (exact) mass is 590 g/mol. The maximum atomic E-state index is 5.99. The summed E-state index contributed by atoms with van der Waals surface area (Å²) in [7, 11) is 1.79. The molecule has 8 rings (SSSR count). The number of benzene rings is 5. The number of nitrogens with zero attached hydrogens (tertiary/aromatic N) is 2. The van der Waals surface area contributed by atoms with E-state index >= 15 is 0 Å². The molecule has 0 N–H and O–H groups in total. The highest BCUT2D eigenvalue weighted by Crippen LogP contribution is 2.61. The van der Waals surface area contributed by atoms with Crippen molar-refractivity contribution in [2.45, 2.75) is 72.4 Å². The van der Waals surface area contributed by atoms with Crippen LogP contribution >= 0.6 is 0 Å². The molecule has 226 valence electrons. The van der Waals surface area contributed by atoms with Crippen molar-refractivity contribution in [1.82, 2.24) is 4.57 Å². The van der Waals surface area contributed by atoms with Gasteiger partial charge in [-0.3, -0.25) is 0 Å². The van der Waals surface area contributed by atoms with Gasteiger partial charge in [0.25, 0.3) is 0 Å². The van der Waals surface area contributed by atoms with E-state index in [4.69, 9.17) is 4.74 Å². The molecule has 0 radical (unpaired) electrons. The Hall–Kier alpha value is -4.50. The Morgan fingerprint density at radius 2 is 1.04 bits per heavy atom. The Morgan fingerprint density at radius 3 is 1.62 bits per heavy atom. The first-order chi connectivity index (χ1) is 21.5. The lowest BCUT2D eigenvalue weighted by Crippen LogP contribution is -2.39. The van der Waals surface area contributed by atoms with E-state index in [9.17, 15) is 0 Å². The van der Waals surface area contributed by atoms with Crippen LogP contribution in [0.3, 0.4) is 0 Å². The number of rotatable bonds is 1. The van der Waals surface area contributed by atoms with Gasteiger partial charge >= 0.3 is 0 Å². The highest BCUT2D eigenvalue weighted by Gasteiger charge is 2.49. The molecular formula is C42H42N2O. The highest BCUT2D eigenvalue weighted by atomic mass is 16.5. The molecule has 1 atom stereocenters. The lowest BCUT2D eigenvalue weighted by molar-refractivity contribution is 0.306. The van der Waals surface area contributed by atoms with Gasteiger partial charge in [0.2, 0.25) is 0 Å². The number of fused-ring (bicyclic) bond motifs is 9. The number of anilines is 2. The summed E-state index contributed by atoms with van der Waals surface area (Å²) < 4.78 is 8.66. The van der Waals surface area contributed by atoms with Crippen LogP contribution in [-0.2, 0) is 10.8 Å². The van der Waals surface area contributed by atoms with E-state index in [2.05, 4.69) is 150 Å². The van der Waals surface area contributed by atoms with E-state index < -0.39 is 0 Å². The number of hydrogen-bond acceptors (Lipinski definition) is 2. The van der Waals surface area contributed by atoms with Crippen molar-refractivity contribution in [2.75, 3.05) is 12.0 Å². The van der Waals surface area contributed by atoms with Crippen molar-refractivity contribution in [3.8, 4) is 5.75 Å². The third kappa shape index (κ3) is 3.42. The van der Waals surface area contributed by atoms with Crippen molar-refractivity contribution in [3.63, 3.8) is 0 Å². The molecule has 3 heteroatoms. The lowest BCUT2D eigenvalue weighted by atomic mass is 9.61. The Bertz CT molecular complexity index is 2320. The molecular weight excluding hydrogens is 548 g/mol. The quantitative estimate of drug-likeness (QED) is 0.189. The van der Waals surface area contributed by atoms with Gasteiger partial charge in [0, 0.05) is 27.2 Å². The summed E-state index contributed by atoms with van der Waals surface area (Å²) >= 11 is 0. The first-order valence-corrected chi connectivity index (χ1v) is 16.2. The summed E-state index contributed by atoms with van der Waals surface area (Å²) in [4.78, 5) is 2.65. The van der Waals surface area contributed by atoms with Crippen LogP contribution in [-0.4, -0.2) is 11.7 Å². The van der Waals surface area contributed by atoms with Crippen LogP contribution in [0.2, 0.25) is 0 Å². The fraction of sp³-hybridized carbons (Fsp3) is 0.286. The fourth-order valence-electron chi connectivity index (χ4n) is 8.50. The molecule has 1 aromatic heterocycles. The normalized spacial score (nSPS) is 17.5. The molecule has 3 heterocycles. The zero-order chi connectivity index (χ0) is 31.6. The number of aromatic nitrogens is 1. The SMILES string of the molecule is COc1ccc2c(c1C)N1c3c(ccc4c5ccccc5c5ccccc5c5ccc(C)c(C)c5n(c34)[C@@H]1C)C(C)(C)C2(C)C. The van der Waals surface area contributed by atoms with E-state index in [1.807, 2.05) is 0 Å². The van der Waals surface area contributed by atoms with Crippen LogP contribution in [0.1, 0.15) is 68.6 Å². The van der Waals surface area contributed by atoms with Gasteiger partial charge in [0.05, 0.1) is 29.5 Å². The first kappa shape index (κ1) is 28.0. The minimum absolute atomic E-state index is 0.0193. The average molecular weight is 591 g/mol. The predicted octanol–water partition coefficient (Wildman–Crippen LogP) is 11.4. The molecule has 5 aromatic carbocycles. The summed E-state index contributed by atoms with van der Waals surface area (Å²) in [6.45, 7) is 18.9. The minimum Gasteiger partial charge on any atom is -0.496 e. The molecule has 0 saturated carbocycles. The average Bonchev–Trinajstić information content (AvgIpc) is 3.31. The summed E-state index contributed by atoms with van der Waals surface area (Å²) in [5.74, 6) is 0.932. The Morgan fingerprint density at radius 1 is 0.556 bits per heavy atom. The standard InChI is InChI=1S/C42H42N2O/c1-24-18-19-32-30-16-12-10-14-28(30)29-15-11-13-17-31(29)33-20-21-35-40-39(33)43(37(32)25(24)2)27(4)44(40)38-26(3)36(45-9)23-22-34(38)41(5,6)42(35,7)8/h10-23,27H,1-9H3/t27-/m0/s1. The van der Waals surface area contributed by atoms with Crippen LogP contribution in [0.5, 0.6) is 5.75 Å². The van der Waals surface area contributed by atoms with E-state index in [1.54, 1.807) is 7.11 Å². The van der Waals surface area contributed by atoms with Gasteiger partial charge in [0.15, 0.2) is 0 Å². The largest absolute Gasteiger partial charge is 0.496 e. The molecule has 0 spiro atoms. The summed E-state index contributed by atoms with van der Waals surface area (Å²) in [5.41, 5.74) is 11.5. The maximum absolute atomic E-state index is 5.99. The summed E-state index contributed by atoms with van der Waals surface area (Å²) in [5, 5.41) is 7.65. The smallest absolute Gasteiger partial charge is 0.123 e. The van der Waals surface area contributed by atoms with Gasteiger partial charge < -0.3 is 14.2 Å². The molecule has 6 aromatic rings. The molecule has 0 bridgehead atoms. The van der Waals surface area contributed by atoms with E-state index in [0.717, 1.165) is 5.75 Å². The summed E-state index contributed by atoms with van der Waals surface area (Å²) in [6.07, 6.45) is 0.0193. The van der Waals surface area contributed by atoms with Gasteiger partial charge in [-0.1, -0.05) is 107 Å². The number of methoxy groups -OCH3 is 1. The van der Waals surface area contributed by atoms with Crippen molar-refractivity contribution in [3.05, 3.63) is 113 Å². The first-order valence-electron chi connectivity index (χ1n) is 16.2. The van der Waals surface area contributed by atoms with Crippen LogP contribution < -0.4 is 9.64 Å². The Labute approximate surface area is 266 Å². The van der Waals surface area contributed by atoms with Gasteiger partial charge in [-0.15, -0.1) is 0 Å². The molecule has 3 nitrogen and oxygen atoms in total. The third-order valence-corrected chi connectivity index (χ3v) is 11.8. The molecule has 45 heavy (non-hydrogen) atoms. The van der Waals surface area contributed by atoms with E-state index in [1.165, 1.54) is 82.5 Å². The van der Waals surface area contributed by atoms with Crippen LogP contribution in [0, 0.1) is 20.8 Å². The van der Waals surface area contributed by atoms with Crippen LogP contribution in [0.25, 0.3) is 43.4 Å². The van der Waals surface area contributed by atoms with Crippen LogP contribution in [0.4, 0.5) is 11.4 Å². The minimum atomic E-state index is -0.164. The summed E-state index contributed by atoms with van der Waals surface area (Å²) in [6, 6.07) is 31.9. The second kappa shape index (κ2) is 9.26. The van der Waals surface area contributed by atoms with Crippen LogP contribution in [0.15, 0.2) is 84.9 Å². The topological polar surface area (TPSA) is 17.4 Å². The number of hydrogen-bond donors (Lipinski definition) is 0. The highest BCUT2D eigenvalue weighted by molar-refractivity contribution is 6.21. The molecule has 2 aliphatic heterocycles. The molecule has 0 aliphatic carbocycles.